The average Bonchev–Trinajstić information content (AvgIpc) is 2.47. The van der Waals surface area contributed by atoms with E-state index in [1.54, 1.807) is 12.1 Å². The van der Waals surface area contributed by atoms with E-state index in [9.17, 15) is 9.59 Å². The molecule has 5 heteroatoms. The molecule has 0 spiro atoms. The molecule has 0 aromatic heterocycles. The van der Waals surface area contributed by atoms with Gasteiger partial charge < -0.3 is 14.6 Å². The van der Waals surface area contributed by atoms with Gasteiger partial charge in [0.25, 0.3) is 0 Å². The normalized spacial score (nSPS) is 9.95. The molecule has 108 valence electrons. The third-order valence-corrected chi connectivity index (χ3v) is 2.69. The molecule has 21 heavy (non-hydrogen) atoms. The highest BCUT2D eigenvalue weighted by Crippen LogP contribution is 2.14. The second-order valence-electron chi connectivity index (χ2n) is 4.41. The topological polar surface area (TPSA) is 72.8 Å². The van der Waals surface area contributed by atoms with Crippen LogP contribution in [0.2, 0.25) is 0 Å². The van der Waals surface area contributed by atoms with E-state index in [0.29, 0.717) is 5.75 Å². The van der Waals surface area contributed by atoms with Gasteiger partial charge in [0.05, 0.1) is 5.56 Å². The van der Waals surface area contributed by atoms with Gasteiger partial charge in [-0.2, -0.15) is 0 Å². The molecule has 0 saturated heterocycles. The summed E-state index contributed by atoms with van der Waals surface area (Å²) < 4.78 is 10.3. The van der Waals surface area contributed by atoms with Crippen LogP contribution in [0.5, 0.6) is 11.5 Å². The zero-order valence-electron chi connectivity index (χ0n) is 11.4. The van der Waals surface area contributed by atoms with Crippen molar-refractivity contribution in [3.8, 4) is 11.5 Å². The molecule has 0 fully saturated rings. The van der Waals surface area contributed by atoms with Crippen LogP contribution in [-0.4, -0.2) is 23.7 Å². The number of rotatable bonds is 5. The standard InChI is InChI=1S/C16H14O5/c1-11-5-7-13(8-6-11)20-10-15(17)21-14-4-2-3-12(9-14)16(18)19/h2-9H,10H2,1H3,(H,18,19). The van der Waals surface area contributed by atoms with Gasteiger partial charge in [0.1, 0.15) is 11.5 Å². The summed E-state index contributed by atoms with van der Waals surface area (Å²) in [6, 6.07) is 13.0. The van der Waals surface area contributed by atoms with E-state index < -0.39 is 11.9 Å². The van der Waals surface area contributed by atoms with E-state index in [-0.39, 0.29) is 17.9 Å². The lowest BCUT2D eigenvalue weighted by molar-refractivity contribution is -0.136. The Morgan fingerprint density at radius 2 is 1.76 bits per heavy atom. The number of hydrogen-bond donors (Lipinski definition) is 1. The van der Waals surface area contributed by atoms with Crippen molar-refractivity contribution >= 4 is 11.9 Å². The molecule has 2 aromatic carbocycles. The molecule has 0 heterocycles. The Bertz CT molecular complexity index is 646. The molecule has 0 radical (unpaired) electrons. The van der Waals surface area contributed by atoms with Crippen molar-refractivity contribution in [1.29, 1.82) is 0 Å². The number of carboxylic acids is 1. The fourth-order valence-electron chi connectivity index (χ4n) is 1.63. The number of benzene rings is 2. The van der Waals surface area contributed by atoms with Gasteiger partial charge in [0.2, 0.25) is 0 Å². The minimum absolute atomic E-state index is 0.0553. The zero-order valence-corrected chi connectivity index (χ0v) is 11.4. The summed E-state index contributed by atoms with van der Waals surface area (Å²) in [5.41, 5.74) is 1.15. The van der Waals surface area contributed by atoms with Gasteiger partial charge >= 0.3 is 11.9 Å². The smallest absolute Gasteiger partial charge is 0.349 e. The number of aromatic carboxylic acids is 1. The third-order valence-electron chi connectivity index (χ3n) is 2.69. The molecule has 1 N–H and O–H groups in total. The third kappa shape index (κ3) is 4.35. The summed E-state index contributed by atoms with van der Waals surface area (Å²) in [7, 11) is 0. The highest BCUT2D eigenvalue weighted by Gasteiger charge is 2.09. The number of hydrogen-bond acceptors (Lipinski definition) is 4. The van der Waals surface area contributed by atoms with E-state index in [4.69, 9.17) is 14.6 Å². The number of ether oxygens (including phenoxy) is 2. The summed E-state index contributed by atoms with van der Waals surface area (Å²) >= 11 is 0. The number of aryl methyl sites for hydroxylation is 1. The van der Waals surface area contributed by atoms with Crippen LogP contribution in [0.3, 0.4) is 0 Å². The first-order valence-electron chi connectivity index (χ1n) is 6.28. The molecule has 2 aromatic rings. The molecule has 0 atom stereocenters. The fourth-order valence-corrected chi connectivity index (χ4v) is 1.63. The maximum absolute atomic E-state index is 11.6. The fraction of sp³-hybridized carbons (Fsp3) is 0.125. The summed E-state index contributed by atoms with van der Waals surface area (Å²) in [4.78, 5) is 22.5. The number of carbonyl (C=O) groups is 2. The zero-order chi connectivity index (χ0) is 15.2. The van der Waals surface area contributed by atoms with Crippen LogP contribution >= 0.6 is 0 Å². The first-order chi connectivity index (χ1) is 10.0. The highest BCUT2D eigenvalue weighted by atomic mass is 16.6. The molecular weight excluding hydrogens is 272 g/mol. The van der Waals surface area contributed by atoms with Crippen molar-refractivity contribution in [2.45, 2.75) is 6.92 Å². The lowest BCUT2D eigenvalue weighted by atomic mass is 10.2. The van der Waals surface area contributed by atoms with Crippen LogP contribution in [0.4, 0.5) is 0 Å². The second-order valence-corrected chi connectivity index (χ2v) is 4.41. The lowest BCUT2D eigenvalue weighted by Gasteiger charge is -2.07. The van der Waals surface area contributed by atoms with Gasteiger partial charge in [0, 0.05) is 0 Å². The predicted octanol–water partition coefficient (Wildman–Crippen LogP) is 2.68. The van der Waals surface area contributed by atoms with Crippen LogP contribution in [0.25, 0.3) is 0 Å². The first-order valence-corrected chi connectivity index (χ1v) is 6.28. The number of carbonyl (C=O) groups excluding carboxylic acids is 1. The lowest BCUT2D eigenvalue weighted by Crippen LogP contribution is -2.17. The molecule has 0 amide bonds. The largest absolute Gasteiger partial charge is 0.482 e. The maximum atomic E-state index is 11.6. The molecule has 0 bridgehead atoms. The molecule has 0 saturated carbocycles. The number of carboxylic acid groups (broad SMARTS) is 1. The van der Waals surface area contributed by atoms with E-state index in [0.717, 1.165) is 5.56 Å². The van der Waals surface area contributed by atoms with Crippen molar-refractivity contribution in [2.24, 2.45) is 0 Å². The molecule has 0 aliphatic heterocycles. The summed E-state index contributed by atoms with van der Waals surface area (Å²) in [5, 5.41) is 8.85. The second kappa shape index (κ2) is 6.56. The van der Waals surface area contributed by atoms with E-state index in [2.05, 4.69) is 0 Å². The van der Waals surface area contributed by atoms with Crippen molar-refractivity contribution in [3.63, 3.8) is 0 Å². The summed E-state index contributed by atoms with van der Waals surface area (Å²) in [6.07, 6.45) is 0. The van der Waals surface area contributed by atoms with Crippen molar-refractivity contribution in [3.05, 3.63) is 59.7 Å². The Morgan fingerprint density at radius 1 is 1.05 bits per heavy atom. The van der Waals surface area contributed by atoms with Crippen LogP contribution in [-0.2, 0) is 4.79 Å². The highest BCUT2D eigenvalue weighted by molar-refractivity contribution is 5.88. The van der Waals surface area contributed by atoms with E-state index in [1.807, 2.05) is 19.1 Å². The van der Waals surface area contributed by atoms with Gasteiger partial charge in [-0.15, -0.1) is 0 Å². The molecule has 0 unspecified atom stereocenters. The van der Waals surface area contributed by atoms with Gasteiger partial charge in [0.15, 0.2) is 6.61 Å². The Labute approximate surface area is 121 Å². The minimum atomic E-state index is -1.08. The van der Waals surface area contributed by atoms with Gasteiger partial charge in [-0.3, -0.25) is 0 Å². The van der Waals surface area contributed by atoms with Gasteiger partial charge in [-0.25, -0.2) is 9.59 Å². The van der Waals surface area contributed by atoms with E-state index >= 15 is 0 Å². The van der Waals surface area contributed by atoms with Crippen LogP contribution < -0.4 is 9.47 Å². The average molecular weight is 286 g/mol. The minimum Gasteiger partial charge on any atom is -0.482 e. The molecule has 0 aliphatic carbocycles. The molecular formula is C16H14O5. The van der Waals surface area contributed by atoms with Crippen molar-refractivity contribution in [1.82, 2.24) is 0 Å². The summed E-state index contributed by atoms with van der Waals surface area (Å²) in [6.45, 7) is 1.70. The molecule has 5 nitrogen and oxygen atoms in total. The SMILES string of the molecule is Cc1ccc(OCC(=O)Oc2cccc(C(=O)O)c2)cc1. The Balaban J connectivity index is 1.91. The van der Waals surface area contributed by atoms with Crippen molar-refractivity contribution < 1.29 is 24.2 Å². The summed E-state index contributed by atoms with van der Waals surface area (Å²) in [5.74, 6) is -0.939. The molecule has 0 aliphatic rings. The Kier molecular flexibility index (Phi) is 4.56. The van der Waals surface area contributed by atoms with Crippen LogP contribution in [0.1, 0.15) is 15.9 Å². The molecule has 2 rings (SSSR count). The van der Waals surface area contributed by atoms with Crippen LogP contribution in [0.15, 0.2) is 48.5 Å². The van der Waals surface area contributed by atoms with Gasteiger partial charge in [-0.1, -0.05) is 23.8 Å². The Hall–Kier alpha value is -2.82. The maximum Gasteiger partial charge on any atom is 0.349 e. The number of esters is 1. The predicted molar refractivity (Wildman–Crippen MR) is 75.7 cm³/mol. The van der Waals surface area contributed by atoms with Crippen LogP contribution in [0, 0.1) is 6.92 Å². The van der Waals surface area contributed by atoms with E-state index in [1.165, 1.54) is 24.3 Å². The quantitative estimate of drug-likeness (QED) is 0.675. The van der Waals surface area contributed by atoms with Crippen molar-refractivity contribution in [2.75, 3.05) is 6.61 Å². The Morgan fingerprint density at radius 3 is 2.43 bits per heavy atom. The monoisotopic (exact) mass is 286 g/mol. The first kappa shape index (κ1) is 14.6. The van der Waals surface area contributed by atoms with Gasteiger partial charge in [-0.05, 0) is 37.3 Å².